The quantitative estimate of drug-likeness (QED) is 0.864. The standard InChI is InChI=1S/C17H20N4O3S/c1-11-4-3-5-12(2)15(11)21-16(22)14-6-8-18-17(20-14)19-13-7-9-25(23,24)10-13/h3-6,8,13H,7,9-10H2,1-2H3,(H,21,22)(H,18,19,20). The molecule has 0 spiro atoms. The summed E-state index contributed by atoms with van der Waals surface area (Å²) in [6.07, 6.45) is 2.00. The van der Waals surface area contributed by atoms with Gasteiger partial charge in [-0.3, -0.25) is 4.79 Å². The summed E-state index contributed by atoms with van der Waals surface area (Å²) >= 11 is 0. The molecule has 3 rings (SSSR count). The Labute approximate surface area is 146 Å². The highest BCUT2D eigenvalue weighted by Crippen LogP contribution is 2.20. The summed E-state index contributed by atoms with van der Waals surface area (Å²) < 4.78 is 23.1. The van der Waals surface area contributed by atoms with Crippen molar-refractivity contribution in [3.05, 3.63) is 47.3 Å². The zero-order valence-electron chi connectivity index (χ0n) is 14.1. The lowest BCUT2D eigenvalue weighted by Gasteiger charge is -2.13. The van der Waals surface area contributed by atoms with Crippen LogP contribution in [0.5, 0.6) is 0 Å². The maximum atomic E-state index is 12.5. The Bertz CT molecular complexity index is 892. The molecule has 2 heterocycles. The number of nitrogens with zero attached hydrogens (tertiary/aromatic N) is 2. The van der Waals surface area contributed by atoms with Crippen LogP contribution in [0.4, 0.5) is 11.6 Å². The van der Waals surface area contributed by atoms with Crippen LogP contribution in [0.2, 0.25) is 0 Å². The van der Waals surface area contributed by atoms with E-state index in [-0.39, 0.29) is 35.1 Å². The van der Waals surface area contributed by atoms with E-state index in [2.05, 4.69) is 20.6 Å². The van der Waals surface area contributed by atoms with Gasteiger partial charge in [0.1, 0.15) is 5.69 Å². The molecule has 1 aromatic carbocycles. The maximum Gasteiger partial charge on any atom is 0.274 e. The Morgan fingerprint density at radius 1 is 1.20 bits per heavy atom. The number of hydrogen-bond donors (Lipinski definition) is 2. The number of para-hydroxylation sites is 1. The number of aromatic nitrogens is 2. The first-order chi connectivity index (χ1) is 11.8. The minimum atomic E-state index is -2.99. The van der Waals surface area contributed by atoms with Crippen LogP contribution in [-0.4, -0.2) is 41.8 Å². The summed E-state index contributed by atoms with van der Waals surface area (Å²) in [6, 6.07) is 7.09. The molecule has 1 aliphatic rings. The van der Waals surface area contributed by atoms with E-state index in [9.17, 15) is 13.2 Å². The van der Waals surface area contributed by atoms with Gasteiger partial charge in [-0.05, 0) is 37.5 Å². The van der Waals surface area contributed by atoms with E-state index < -0.39 is 9.84 Å². The van der Waals surface area contributed by atoms with Crippen molar-refractivity contribution in [3.63, 3.8) is 0 Å². The predicted molar refractivity (Wildman–Crippen MR) is 96.6 cm³/mol. The molecule has 0 bridgehead atoms. The molecule has 0 radical (unpaired) electrons. The van der Waals surface area contributed by atoms with Crippen molar-refractivity contribution in [3.8, 4) is 0 Å². The first kappa shape index (κ1) is 17.3. The summed E-state index contributed by atoms with van der Waals surface area (Å²) in [5.41, 5.74) is 2.93. The molecular weight excluding hydrogens is 340 g/mol. The van der Waals surface area contributed by atoms with Crippen LogP contribution in [0, 0.1) is 13.8 Å². The number of rotatable bonds is 4. The van der Waals surface area contributed by atoms with Crippen LogP contribution in [-0.2, 0) is 9.84 Å². The van der Waals surface area contributed by atoms with E-state index in [0.717, 1.165) is 16.8 Å². The highest BCUT2D eigenvalue weighted by Gasteiger charge is 2.28. The van der Waals surface area contributed by atoms with E-state index in [1.54, 1.807) is 0 Å². The first-order valence-corrected chi connectivity index (χ1v) is 9.84. The Kier molecular flexibility index (Phi) is 4.71. The van der Waals surface area contributed by atoms with Gasteiger partial charge in [-0.25, -0.2) is 18.4 Å². The van der Waals surface area contributed by atoms with Crippen molar-refractivity contribution < 1.29 is 13.2 Å². The number of anilines is 2. The van der Waals surface area contributed by atoms with Crippen molar-refractivity contribution in [2.24, 2.45) is 0 Å². The van der Waals surface area contributed by atoms with Crippen LogP contribution in [0.1, 0.15) is 28.0 Å². The fraction of sp³-hybridized carbons (Fsp3) is 0.353. The Balaban J connectivity index is 1.74. The zero-order valence-corrected chi connectivity index (χ0v) is 14.9. The van der Waals surface area contributed by atoms with Crippen molar-refractivity contribution in [1.29, 1.82) is 0 Å². The molecule has 8 heteroatoms. The average molecular weight is 360 g/mol. The van der Waals surface area contributed by atoms with Gasteiger partial charge in [-0.15, -0.1) is 0 Å². The second-order valence-electron chi connectivity index (χ2n) is 6.23. The number of hydrogen-bond acceptors (Lipinski definition) is 6. The minimum absolute atomic E-state index is 0.0647. The van der Waals surface area contributed by atoms with Gasteiger partial charge >= 0.3 is 0 Å². The van der Waals surface area contributed by atoms with Gasteiger partial charge in [0.25, 0.3) is 5.91 Å². The van der Waals surface area contributed by atoms with Gasteiger partial charge in [-0.1, -0.05) is 18.2 Å². The summed E-state index contributed by atoms with van der Waals surface area (Å²) in [7, 11) is -2.99. The third kappa shape index (κ3) is 4.14. The summed E-state index contributed by atoms with van der Waals surface area (Å²) in [5, 5.41) is 5.87. The smallest absolute Gasteiger partial charge is 0.274 e. The highest BCUT2D eigenvalue weighted by molar-refractivity contribution is 7.91. The molecule has 1 saturated heterocycles. The summed E-state index contributed by atoms with van der Waals surface area (Å²) in [5.74, 6) is 0.158. The number of sulfone groups is 1. The highest BCUT2D eigenvalue weighted by atomic mass is 32.2. The Morgan fingerprint density at radius 2 is 1.92 bits per heavy atom. The number of nitrogens with one attached hydrogen (secondary N) is 2. The lowest BCUT2D eigenvalue weighted by atomic mass is 10.1. The predicted octanol–water partition coefficient (Wildman–Crippen LogP) is 1.94. The topological polar surface area (TPSA) is 101 Å². The molecule has 132 valence electrons. The number of amides is 1. The normalized spacial score (nSPS) is 18.7. The molecule has 1 atom stereocenters. The van der Waals surface area contributed by atoms with E-state index in [1.807, 2.05) is 32.0 Å². The molecule has 1 unspecified atom stereocenters. The molecule has 25 heavy (non-hydrogen) atoms. The number of carbonyl (C=O) groups excluding carboxylic acids is 1. The van der Waals surface area contributed by atoms with Crippen molar-refractivity contribution in [2.45, 2.75) is 26.3 Å². The lowest BCUT2D eigenvalue weighted by Crippen LogP contribution is -2.23. The lowest BCUT2D eigenvalue weighted by molar-refractivity contribution is 0.102. The first-order valence-electron chi connectivity index (χ1n) is 8.02. The van der Waals surface area contributed by atoms with Gasteiger partial charge in [0.05, 0.1) is 11.5 Å². The van der Waals surface area contributed by atoms with Gasteiger partial charge in [0.2, 0.25) is 5.95 Å². The molecule has 1 aliphatic heterocycles. The average Bonchev–Trinajstić information content (AvgIpc) is 2.90. The van der Waals surface area contributed by atoms with Crippen LogP contribution in [0.3, 0.4) is 0 Å². The Morgan fingerprint density at radius 3 is 2.56 bits per heavy atom. The largest absolute Gasteiger partial charge is 0.350 e. The van der Waals surface area contributed by atoms with Gasteiger partial charge < -0.3 is 10.6 Å². The second kappa shape index (κ2) is 6.79. The molecule has 1 fully saturated rings. The molecule has 2 N–H and O–H groups in total. The van der Waals surface area contributed by atoms with E-state index >= 15 is 0 Å². The monoisotopic (exact) mass is 360 g/mol. The van der Waals surface area contributed by atoms with Crippen LogP contribution in [0.15, 0.2) is 30.5 Å². The number of aryl methyl sites for hydroxylation is 2. The van der Waals surface area contributed by atoms with Gasteiger partial charge in [0.15, 0.2) is 9.84 Å². The maximum absolute atomic E-state index is 12.5. The molecule has 0 aliphatic carbocycles. The minimum Gasteiger partial charge on any atom is -0.350 e. The summed E-state index contributed by atoms with van der Waals surface area (Å²) in [4.78, 5) is 20.8. The van der Waals surface area contributed by atoms with Crippen LogP contribution < -0.4 is 10.6 Å². The molecule has 2 aromatic rings. The molecule has 1 amide bonds. The van der Waals surface area contributed by atoms with Gasteiger partial charge in [-0.2, -0.15) is 0 Å². The van der Waals surface area contributed by atoms with Gasteiger partial charge in [0, 0.05) is 17.9 Å². The fourth-order valence-corrected chi connectivity index (χ4v) is 4.51. The van der Waals surface area contributed by atoms with Crippen LogP contribution in [0.25, 0.3) is 0 Å². The SMILES string of the molecule is Cc1cccc(C)c1NC(=O)c1ccnc(NC2CCS(=O)(=O)C2)n1. The van der Waals surface area contributed by atoms with Crippen LogP contribution >= 0.6 is 0 Å². The van der Waals surface area contributed by atoms with Crippen molar-refractivity contribution in [2.75, 3.05) is 22.1 Å². The third-order valence-electron chi connectivity index (χ3n) is 4.17. The third-order valence-corrected chi connectivity index (χ3v) is 5.94. The fourth-order valence-electron chi connectivity index (χ4n) is 2.84. The molecular formula is C17H20N4O3S. The molecule has 0 saturated carbocycles. The molecule has 1 aromatic heterocycles. The van der Waals surface area contributed by atoms with Crippen molar-refractivity contribution >= 4 is 27.4 Å². The number of carbonyl (C=O) groups is 1. The molecule has 7 nitrogen and oxygen atoms in total. The van der Waals surface area contributed by atoms with Crippen molar-refractivity contribution in [1.82, 2.24) is 9.97 Å². The van der Waals surface area contributed by atoms with E-state index in [1.165, 1.54) is 12.3 Å². The van der Waals surface area contributed by atoms with E-state index in [4.69, 9.17) is 0 Å². The Hall–Kier alpha value is -2.48. The zero-order chi connectivity index (χ0) is 18.0. The second-order valence-corrected chi connectivity index (χ2v) is 8.46. The summed E-state index contributed by atoms with van der Waals surface area (Å²) in [6.45, 7) is 3.85. The van der Waals surface area contributed by atoms with E-state index in [0.29, 0.717) is 6.42 Å². The number of benzene rings is 1.